The Kier molecular flexibility index (Phi) is 3.03. The van der Waals surface area contributed by atoms with Crippen molar-refractivity contribution in [2.75, 3.05) is 7.11 Å². The Hall–Kier alpha value is -1.81. The molecule has 3 aromatic rings. The van der Waals surface area contributed by atoms with Gasteiger partial charge in [0.1, 0.15) is 16.2 Å². The second-order valence-corrected chi connectivity index (χ2v) is 5.11. The fourth-order valence-electron chi connectivity index (χ4n) is 2.16. The molecule has 0 amide bonds. The molecule has 0 saturated heterocycles. The fraction of sp³-hybridized carbons (Fsp3) is 0.133. The smallest absolute Gasteiger partial charge is 0.132 e. The minimum Gasteiger partial charge on any atom is -0.497 e. The Morgan fingerprint density at radius 1 is 1.16 bits per heavy atom. The van der Waals surface area contributed by atoms with Crippen LogP contribution in [0.3, 0.4) is 0 Å². The van der Waals surface area contributed by atoms with Gasteiger partial charge in [0, 0.05) is 6.20 Å². The summed E-state index contributed by atoms with van der Waals surface area (Å²) in [5, 5.41) is 0. The first-order valence-electron chi connectivity index (χ1n) is 5.97. The van der Waals surface area contributed by atoms with Gasteiger partial charge in [-0.15, -0.1) is 0 Å². The summed E-state index contributed by atoms with van der Waals surface area (Å²) in [6.45, 7) is 1.99. The third-order valence-electron chi connectivity index (χ3n) is 3.17. The number of aromatic nitrogens is 2. The Morgan fingerprint density at radius 2 is 2.00 bits per heavy atom. The van der Waals surface area contributed by atoms with Crippen molar-refractivity contribution in [3.63, 3.8) is 0 Å². The van der Waals surface area contributed by atoms with E-state index in [1.165, 1.54) is 0 Å². The largest absolute Gasteiger partial charge is 0.497 e. The van der Waals surface area contributed by atoms with Crippen LogP contribution in [0.1, 0.15) is 5.82 Å². The van der Waals surface area contributed by atoms with Gasteiger partial charge in [0.05, 0.1) is 12.6 Å². The van der Waals surface area contributed by atoms with Crippen molar-refractivity contribution < 1.29 is 4.74 Å². The molecule has 3 rings (SSSR count). The van der Waals surface area contributed by atoms with Gasteiger partial charge >= 0.3 is 0 Å². The summed E-state index contributed by atoms with van der Waals surface area (Å²) >= 11 is 3.47. The van der Waals surface area contributed by atoms with Crippen LogP contribution in [0.25, 0.3) is 16.6 Å². The van der Waals surface area contributed by atoms with E-state index < -0.39 is 0 Å². The quantitative estimate of drug-likeness (QED) is 0.712. The molecule has 3 nitrogen and oxygen atoms in total. The lowest BCUT2D eigenvalue weighted by molar-refractivity contribution is 0.415. The van der Waals surface area contributed by atoms with Gasteiger partial charge in [0.15, 0.2) is 0 Å². The van der Waals surface area contributed by atoms with E-state index in [1.54, 1.807) is 7.11 Å². The van der Waals surface area contributed by atoms with Crippen LogP contribution < -0.4 is 4.74 Å². The number of fused-ring (bicyclic) bond motifs is 1. The molecule has 0 spiro atoms. The molecule has 0 aliphatic carbocycles. The molecule has 1 aromatic carbocycles. The number of hydrogen-bond acceptors (Lipinski definition) is 2. The van der Waals surface area contributed by atoms with Crippen LogP contribution in [-0.4, -0.2) is 16.5 Å². The lowest BCUT2D eigenvalue weighted by atomic mass is 10.1. The van der Waals surface area contributed by atoms with Gasteiger partial charge in [-0.05, 0) is 52.2 Å². The van der Waals surface area contributed by atoms with Crippen LogP contribution in [0.5, 0.6) is 5.75 Å². The zero-order valence-corrected chi connectivity index (χ0v) is 12.3. The summed E-state index contributed by atoms with van der Waals surface area (Å²) in [5.41, 5.74) is 3.34. The van der Waals surface area contributed by atoms with Gasteiger partial charge < -0.3 is 9.14 Å². The highest BCUT2D eigenvalue weighted by Gasteiger charge is 2.07. The third-order valence-corrected chi connectivity index (χ3v) is 3.76. The maximum atomic E-state index is 5.27. The van der Waals surface area contributed by atoms with Gasteiger partial charge in [-0.1, -0.05) is 18.2 Å². The van der Waals surface area contributed by atoms with E-state index in [9.17, 15) is 0 Å². The molecule has 0 aliphatic rings. The summed E-state index contributed by atoms with van der Waals surface area (Å²) in [7, 11) is 1.68. The molecule has 0 bridgehead atoms. The molecule has 0 N–H and O–H groups in total. The van der Waals surface area contributed by atoms with Gasteiger partial charge in [0.25, 0.3) is 0 Å². The molecule has 96 valence electrons. The van der Waals surface area contributed by atoms with E-state index in [1.807, 2.05) is 25.1 Å². The van der Waals surface area contributed by atoms with Crippen molar-refractivity contribution >= 4 is 21.4 Å². The average Bonchev–Trinajstić information content (AvgIpc) is 2.74. The monoisotopic (exact) mass is 316 g/mol. The van der Waals surface area contributed by atoms with Gasteiger partial charge in [-0.25, -0.2) is 4.98 Å². The number of hydrogen-bond donors (Lipinski definition) is 0. The zero-order valence-electron chi connectivity index (χ0n) is 10.7. The molecule has 0 saturated carbocycles. The summed E-state index contributed by atoms with van der Waals surface area (Å²) in [4.78, 5) is 4.41. The van der Waals surface area contributed by atoms with Crippen molar-refractivity contribution in [1.29, 1.82) is 0 Å². The van der Waals surface area contributed by atoms with Crippen molar-refractivity contribution in [3.8, 4) is 16.9 Å². The number of pyridine rings is 1. The van der Waals surface area contributed by atoms with E-state index in [2.05, 4.69) is 49.7 Å². The summed E-state index contributed by atoms with van der Waals surface area (Å²) in [5.74, 6) is 1.83. The minimum atomic E-state index is 0.862. The van der Waals surface area contributed by atoms with Crippen molar-refractivity contribution in [1.82, 2.24) is 9.38 Å². The van der Waals surface area contributed by atoms with E-state index >= 15 is 0 Å². The standard InChI is InChI=1S/C15H13BrN2O/c1-10-17-15(16)14-7-6-12(9-18(10)14)11-4-3-5-13(8-11)19-2/h3-9H,1-2H3. The lowest BCUT2D eigenvalue weighted by Crippen LogP contribution is -1.90. The van der Waals surface area contributed by atoms with Crippen LogP contribution in [0.15, 0.2) is 47.2 Å². The first-order valence-corrected chi connectivity index (χ1v) is 6.77. The third kappa shape index (κ3) is 2.12. The highest BCUT2D eigenvalue weighted by atomic mass is 79.9. The van der Waals surface area contributed by atoms with E-state index in [0.717, 1.165) is 32.8 Å². The molecule has 0 radical (unpaired) electrons. The number of halogens is 1. The number of benzene rings is 1. The average molecular weight is 317 g/mol. The Balaban J connectivity index is 2.17. The van der Waals surface area contributed by atoms with Gasteiger partial charge in [0.2, 0.25) is 0 Å². The van der Waals surface area contributed by atoms with Crippen LogP contribution >= 0.6 is 15.9 Å². The van der Waals surface area contributed by atoms with Crippen molar-refractivity contribution in [2.45, 2.75) is 6.92 Å². The Labute approximate surface area is 120 Å². The predicted molar refractivity (Wildman–Crippen MR) is 79.6 cm³/mol. The van der Waals surface area contributed by atoms with E-state index in [0.29, 0.717) is 0 Å². The van der Waals surface area contributed by atoms with Crippen LogP contribution in [0.4, 0.5) is 0 Å². The molecular weight excluding hydrogens is 304 g/mol. The van der Waals surface area contributed by atoms with Gasteiger partial charge in [-0.2, -0.15) is 0 Å². The molecule has 4 heteroatoms. The first kappa shape index (κ1) is 12.2. The topological polar surface area (TPSA) is 26.5 Å². The normalized spacial score (nSPS) is 10.9. The molecule has 0 aliphatic heterocycles. The number of aryl methyl sites for hydroxylation is 1. The molecule has 19 heavy (non-hydrogen) atoms. The molecular formula is C15H13BrN2O. The number of ether oxygens (including phenoxy) is 1. The van der Waals surface area contributed by atoms with E-state index in [-0.39, 0.29) is 0 Å². The highest BCUT2D eigenvalue weighted by molar-refractivity contribution is 9.10. The van der Waals surface area contributed by atoms with Crippen molar-refractivity contribution in [2.24, 2.45) is 0 Å². The Bertz CT molecular complexity index is 749. The first-order chi connectivity index (χ1) is 9.19. The van der Waals surface area contributed by atoms with Crippen molar-refractivity contribution in [3.05, 3.63) is 53.0 Å². The fourth-order valence-corrected chi connectivity index (χ4v) is 2.74. The maximum absolute atomic E-state index is 5.27. The molecule has 2 aromatic heterocycles. The number of rotatable bonds is 2. The SMILES string of the molecule is COc1cccc(-c2ccc3c(Br)nc(C)n3c2)c1. The zero-order chi connectivity index (χ0) is 13.4. The van der Waals surface area contributed by atoms with Gasteiger partial charge in [-0.3, -0.25) is 0 Å². The molecule has 0 atom stereocenters. The minimum absolute atomic E-state index is 0.862. The van der Waals surface area contributed by atoms with Crippen LogP contribution in [0, 0.1) is 6.92 Å². The number of imidazole rings is 1. The second kappa shape index (κ2) is 4.70. The number of methoxy groups -OCH3 is 1. The number of nitrogens with zero attached hydrogens (tertiary/aromatic N) is 2. The predicted octanol–water partition coefficient (Wildman–Crippen LogP) is 4.08. The lowest BCUT2D eigenvalue weighted by Gasteiger charge is -2.06. The van der Waals surface area contributed by atoms with Crippen LogP contribution in [0.2, 0.25) is 0 Å². The maximum Gasteiger partial charge on any atom is 0.132 e. The molecule has 0 fully saturated rings. The second-order valence-electron chi connectivity index (χ2n) is 4.35. The summed E-state index contributed by atoms with van der Waals surface area (Å²) in [6, 6.07) is 12.2. The summed E-state index contributed by atoms with van der Waals surface area (Å²) in [6.07, 6.45) is 2.09. The summed E-state index contributed by atoms with van der Waals surface area (Å²) < 4.78 is 8.22. The molecule has 2 heterocycles. The van der Waals surface area contributed by atoms with E-state index in [4.69, 9.17) is 4.74 Å². The van der Waals surface area contributed by atoms with Crippen LogP contribution in [-0.2, 0) is 0 Å². The Morgan fingerprint density at radius 3 is 2.79 bits per heavy atom. The highest BCUT2D eigenvalue weighted by Crippen LogP contribution is 2.26. The molecule has 0 unspecified atom stereocenters.